The molecule has 6 nitrogen and oxygen atoms in total. The Morgan fingerprint density at radius 2 is 2.11 bits per heavy atom. The zero-order chi connectivity index (χ0) is 19.6. The van der Waals surface area contributed by atoms with Gasteiger partial charge in [0.05, 0.1) is 12.5 Å². The summed E-state index contributed by atoms with van der Waals surface area (Å²) in [5.41, 5.74) is 2.19. The molecule has 146 valence electrons. The average Bonchev–Trinajstić information content (AvgIpc) is 2.72. The van der Waals surface area contributed by atoms with Crippen molar-refractivity contribution < 1.29 is 9.59 Å². The average molecular weight is 378 g/mol. The van der Waals surface area contributed by atoms with E-state index in [1.165, 1.54) is 0 Å². The predicted octanol–water partition coefficient (Wildman–Crippen LogP) is 1.64. The fraction of sp³-hybridized carbons (Fsp3) is 0.318. The van der Waals surface area contributed by atoms with E-state index >= 15 is 0 Å². The first-order valence-corrected chi connectivity index (χ1v) is 9.61. The maximum Gasteiger partial charge on any atom is 0.237 e. The van der Waals surface area contributed by atoms with Crippen molar-refractivity contribution in [2.75, 3.05) is 26.2 Å². The molecule has 0 saturated carbocycles. The van der Waals surface area contributed by atoms with Crippen LogP contribution in [0, 0.1) is 0 Å². The Bertz CT molecular complexity index is 793. The van der Waals surface area contributed by atoms with Crippen LogP contribution in [0.5, 0.6) is 0 Å². The van der Waals surface area contributed by atoms with Gasteiger partial charge in [0.1, 0.15) is 0 Å². The third kappa shape index (κ3) is 6.03. The van der Waals surface area contributed by atoms with Gasteiger partial charge in [-0.15, -0.1) is 0 Å². The number of benzene rings is 1. The summed E-state index contributed by atoms with van der Waals surface area (Å²) in [5, 5.41) is 5.77. The maximum atomic E-state index is 12.3. The van der Waals surface area contributed by atoms with Gasteiger partial charge in [0.25, 0.3) is 0 Å². The molecule has 1 aliphatic heterocycles. The lowest BCUT2D eigenvalue weighted by Gasteiger charge is -2.33. The lowest BCUT2D eigenvalue weighted by atomic mass is 10.1. The van der Waals surface area contributed by atoms with Crippen molar-refractivity contribution in [3.8, 4) is 0 Å². The molecule has 2 N–H and O–H groups in total. The number of nitrogens with one attached hydrogen (secondary N) is 2. The summed E-state index contributed by atoms with van der Waals surface area (Å²) in [5.74, 6) is -0.190. The number of nitrogens with zero attached hydrogens (tertiary/aromatic N) is 2. The minimum Gasteiger partial charge on any atom is -0.356 e. The first-order chi connectivity index (χ1) is 13.7. The lowest BCUT2D eigenvalue weighted by molar-refractivity contribution is -0.133. The van der Waals surface area contributed by atoms with Crippen LogP contribution in [0.4, 0.5) is 0 Å². The number of hydrogen-bond acceptors (Lipinski definition) is 4. The van der Waals surface area contributed by atoms with Gasteiger partial charge < -0.3 is 10.6 Å². The molecule has 0 bridgehead atoms. The highest BCUT2D eigenvalue weighted by atomic mass is 16.2. The van der Waals surface area contributed by atoms with Gasteiger partial charge in [0.15, 0.2) is 0 Å². The van der Waals surface area contributed by atoms with E-state index < -0.39 is 6.04 Å². The monoisotopic (exact) mass is 378 g/mol. The highest BCUT2D eigenvalue weighted by Gasteiger charge is 2.30. The zero-order valence-corrected chi connectivity index (χ0v) is 15.9. The topological polar surface area (TPSA) is 74.3 Å². The van der Waals surface area contributed by atoms with E-state index in [2.05, 4.69) is 20.5 Å². The van der Waals surface area contributed by atoms with Crippen molar-refractivity contribution >= 4 is 17.9 Å². The number of aromatic nitrogens is 1. The molecular weight excluding hydrogens is 352 g/mol. The Kier molecular flexibility index (Phi) is 7.32. The summed E-state index contributed by atoms with van der Waals surface area (Å²) < 4.78 is 0. The third-order valence-corrected chi connectivity index (χ3v) is 4.73. The molecule has 2 heterocycles. The van der Waals surface area contributed by atoms with E-state index in [0.29, 0.717) is 19.6 Å². The van der Waals surface area contributed by atoms with Gasteiger partial charge in [-0.1, -0.05) is 48.6 Å². The SMILES string of the molecule is O=C(C[C@H]1C(=O)NCCN1C/C=C/c1ccccc1)NCCc1cccnc1. The van der Waals surface area contributed by atoms with Crippen molar-refractivity contribution in [1.29, 1.82) is 0 Å². The van der Waals surface area contributed by atoms with Gasteiger partial charge in [0, 0.05) is 38.6 Å². The van der Waals surface area contributed by atoms with E-state index in [1.54, 1.807) is 12.4 Å². The number of piperazine rings is 1. The quantitative estimate of drug-likeness (QED) is 0.732. The summed E-state index contributed by atoms with van der Waals surface area (Å²) in [6.45, 7) is 2.51. The van der Waals surface area contributed by atoms with E-state index in [0.717, 1.165) is 24.1 Å². The molecule has 0 aliphatic carbocycles. The smallest absolute Gasteiger partial charge is 0.237 e. The molecule has 28 heavy (non-hydrogen) atoms. The van der Waals surface area contributed by atoms with Crippen LogP contribution < -0.4 is 10.6 Å². The van der Waals surface area contributed by atoms with Crippen molar-refractivity contribution in [2.24, 2.45) is 0 Å². The summed E-state index contributed by atoms with van der Waals surface area (Å²) in [6.07, 6.45) is 8.49. The van der Waals surface area contributed by atoms with E-state index in [1.807, 2.05) is 54.6 Å². The van der Waals surface area contributed by atoms with Gasteiger partial charge in [-0.25, -0.2) is 0 Å². The van der Waals surface area contributed by atoms with Crippen LogP contribution >= 0.6 is 0 Å². The predicted molar refractivity (Wildman–Crippen MR) is 109 cm³/mol. The lowest BCUT2D eigenvalue weighted by Crippen LogP contribution is -2.56. The standard InChI is InChI=1S/C22H26N4O2/c27-21(24-12-10-19-8-4-11-23-17-19)16-20-22(28)25-13-15-26(20)14-5-9-18-6-2-1-3-7-18/h1-9,11,17,20H,10,12-16H2,(H,24,27)(H,25,28)/b9-5+/t20-/m0/s1. The molecule has 0 unspecified atom stereocenters. The van der Waals surface area contributed by atoms with Crippen LogP contribution in [0.2, 0.25) is 0 Å². The van der Waals surface area contributed by atoms with E-state index in [4.69, 9.17) is 0 Å². The van der Waals surface area contributed by atoms with Crippen molar-refractivity contribution in [1.82, 2.24) is 20.5 Å². The molecule has 2 amide bonds. The highest BCUT2D eigenvalue weighted by Crippen LogP contribution is 2.10. The summed E-state index contributed by atoms with van der Waals surface area (Å²) >= 11 is 0. The number of hydrogen-bond donors (Lipinski definition) is 2. The summed E-state index contributed by atoms with van der Waals surface area (Å²) in [6, 6.07) is 13.5. The second-order valence-electron chi connectivity index (χ2n) is 6.78. The Labute approximate surface area is 165 Å². The molecule has 0 spiro atoms. The van der Waals surface area contributed by atoms with E-state index in [9.17, 15) is 9.59 Å². The molecule has 3 rings (SSSR count). The number of rotatable bonds is 8. The zero-order valence-electron chi connectivity index (χ0n) is 15.9. The van der Waals surface area contributed by atoms with Crippen LogP contribution in [0.3, 0.4) is 0 Å². The molecule has 6 heteroatoms. The first-order valence-electron chi connectivity index (χ1n) is 9.61. The molecule has 1 saturated heterocycles. The molecule has 1 fully saturated rings. The maximum absolute atomic E-state index is 12.3. The van der Waals surface area contributed by atoms with Gasteiger partial charge in [-0.05, 0) is 23.6 Å². The Hall–Kier alpha value is -2.99. The van der Waals surface area contributed by atoms with Crippen molar-refractivity contribution in [2.45, 2.75) is 18.9 Å². The molecule has 1 aromatic heterocycles. The fourth-order valence-corrected chi connectivity index (χ4v) is 3.23. The normalized spacial score (nSPS) is 17.4. The minimum absolute atomic E-state index is 0.0817. The third-order valence-electron chi connectivity index (χ3n) is 4.73. The van der Waals surface area contributed by atoms with E-state index in [-0.39, 0.29) is 18.2 Å². The van der Waals surface area contributed by atoms with Crippen molar-refractivity contribution in [3.05, 3.63) is 72.1 Å². The second kappa shape index (κ2) is 10.4. The molecular formula is C22H26N4O2. The van der Waals surface area contributed by atoms with Gasteiger partial charge >= 0.3 is 0 Å². The second-order valence-corrected chi connectivity index (χ2v) is 6.78. The van der Waals surface area contributed by atoms with Gasteiger partial charge in [0.2, 0.25) is 11.8 Å². The largest absolute Gasteiger partial charge is 0.356 e. The number of carbonyl (C=O) groups excluding carboxylic acids is 2. The van der Waals surface area contributed by atoms with Crippen LogP contribution in [-0.4, -0.2) is 53.9 Å². The summed E-state index contributed by atoms with van der Waals surface area (Å²) in [4.78, 5) is 30.8. The van der Waals surface area contributed by atoms with Gasteiger partial charge in [-0.2, -0.15) is 0 Å². The first kappa shape index (κ1) is 19.8. The van der Waals surface area contributed by atoms with Crippen molar-refractivity contribution in [3.63, 3.8) is 0 Å². The molecule has 2 aromatic rings. The minimum atomic E-state index is -0.437. The number of pyridine rings is 1. The Balaban J connectivity index is 1.49. The molecule has 1 aromatic carbocycles. The fourth-order valence-electron chi connectivity index (χ4n) is 3.23. The Morgan fingerprint density at radius 3 is 2.89 bits per heavy atom. The molecule has 1 atom stereocenters. The van der Waals surface area contributed by atoms with Crippen LogP contribution in [0.15, 0.2) is 60.9 Å². The highest BCUT2D eigenvalue weighted by molar-refractivity contribution is 5.88. The van der Waals surface area contributed by atoms with Gasteiger partial charge in [-0.3, -0.25) is 19.5 Å². The van der Waals surface area contributed by atoms with Crippen LogP contribution in [0.1, 0.15) is 17.5 Å². The Morgan fingerprint density at radius 1 is 1.25 bits per heavy atom. The number of amides is 2. The van der Waals surface area contributed by atoms with Crippen LogP contribution in [0.25, 0.3) is 6.08 Å². The molecule has 1 aliphatic rings. The number of carbonyl (C=O) groups is 2. The molecule has 0 radical (unpaired) electrons. The summed E-state index contributed by atoms with van der Waals surface area (Å²) in [7, 11) is 0. The van der Waals surface area contributed by atoms with Crippen LogP contribution in [-0.2, 0) is 16.0 Å².